The average Bonchev–Trinajstić information content (AvgIpc) is 2.77. The van der Waals surface area contributed by atoms with Crippen LogP contribution in [-0.4, -0.2) is 82.1 Å². The van der Waals surface area contributed by atoms with Gasteiger partial charge in [0.25, 0.3) is 0 Å². The van der Waals surface area contributed by atoms with Crippen LogP contribution in [-0.2, 0) is 4.74 Å². The molecule has 0 aliphatic carbocycles. The topological polar surface area (TPSA) is 85.5 Å². The second-order valence-corrected chi connectivity index (χ2v) is 5.65. The van der Waals surface area contributed by atoms with E-state index in [1.54, 1.807) is 19.0 Å². The van der Waals surface area contributed by atoms with Crippen molar-refractivity contribution in [1.29, 1.82) is 0 Å². The van der Waals surface area contributed by atoms with Crippen LogP contribution in [0.1, 0.15) is 0 Å². The molecule has 0 amide bonds. The number of fused-ring (bicyclic) bond motifs is 1. The summed E-state index contributed by atoms with van der Waals surface area (Å²) in [5, 5.41) is 29.9. The van der Waals surface area contributed by atoms with Gasteiger partial charge in [-0.3, -0.25) is 4.99 Å². The molecular weight excluding hydrogens is 263 g/mol. The van der Waals surface area contributed by atoms with Crippen molar-refractivity contribution in [2.75, 3.05) is 20.8 Å². The number of amidine groups is 1. The Hall–Kier alpha value is -0.410. The number of thioether (sulfide) groups is 1. The van der Waals surface area contributed by atoms with Gasteiger partial charge in [0.1, 0.15) is 42.6 Å². The van der Waals surface area contributed by atoms with Gasteiger partial charge in [0, 0.05) is 14.1 Å². The molecule has 2 heterocycles. The van der Waals surface area contributed by atoms with Gasteiger partial charge in [-0.15, -0.1) is 0 Å². The number of ether oxygens (including phenoxy) is 1. The summed E-state index contributed by atoms with van der Waals surface area (Å²) in [6.07, 6.45) is -5.09. The lowest BCUT2D eigenvalue weighted by Crippen LogP contribution is -2.58. The normalized spacial score (nSPS) is 41.2. The van der Waals surface area contributed by atoms with Crippen molar-refractivity contribution in [3.63, 3.8) is 0 Å². The molecule has 6 atom stereocenters. The van der Waals surface area contributed by atoms with Gasteiger partial charge in [0.15, 0.2) is 5.17 Å². The fourth-order valence-corrected chi connectivity index (χ4v) is 3.14. The molecule has 18 heavy (non-hydrogen) atoms. The highest BCUT2D eigenvalue weighted by molar-refractivity contribution is 8.14. The third-order valence-electron chi connectivity index (χ3n) is 3.01. The summed E-state index contributed by atoms with van der Waals surface area (Å²) >= 11 is 1.29. The zero-order valence-electron chi connectivity index (χ0n) is 10.1. The molecule has 0 aromatic rings. The van der Waals surface area contributed by atoms with Crippen molar-refractivity contribution < 1.29 is 24.4 Å². The molecule has 104 valence electrons. The Morgan fingerprint density at radius 2 is 2.11 bits per heavy atom. The Bertz CT molecular complexity index is 344. The maximum absolute atomic E-state index is 12.5. The highest BCUT2D eigenvalue weighted by Crippen LogP contribution is 2.37. The van der Waals surface area contributed by atoms with Crippen molar-refractivity contribution in [2.45, 2.75) is 35.9 Å². The summed E-state index contributed by atoms with van der Waals surface area (Å²) in [5.41, 5.74) is -0.507. The Labute approximate surface area is 108 Å². The monoisotopic (exact) mass is 280 g/mol. The summed E-state index contributed by atoms with van der Waals surface area (Å²) in [6, 6.07) is -0.592. The number of aliphatic hydroxyl groups is 3. The third-order valence-corrected chi connectivity index (χ3v) is 4.31. The highest BCUT2D eigenvalue weighted by atomic mass is 32.2. The van der Waals surface area contributed by atoms with Crippen LogP contribution in [0.3, 0.4) is 0 Å². The van der Waals surface area contributed by atoms with E-state index in [2.05, 4.69) is 4.99 Å². The lowest BCUT2D eigenvalue weighted by atomic mass is 9.95. The molecule has 0 spiro atoms. The quantitative estimate of drug-likeness (QED) is 0.589. The van der Waals surface area contributed by atoms with Gasteiger partial charge < -0.3 is 25.0 Å². The van der Waals surface area contributed by atoms with E-state index < -0.39 is 42.6 Å². The van der Waals surface area contributed by atoms with E-state index in [4.69, 9.17) is 4.74 Å². The molecule has 2 aliphatic heterocycles. The number of rotatable bonds is 2. The molecule has 0 aromatic carbocycles. The first kappa shape index (κ1) is 14.0. The minimum Gasteiger partial charge on any atom is -0.388 e. The van der Waals surface area contributed by atoms with E-state index in [9.17, 15) is 19.7 Å². The summed E-state index contributed by atoms with van der Waals surface area (Å²) in [6.45, 7) is -1.03. The predicted octanol–water partition coefficient (Wildman–Crippen LogP) is -1.20. The van der Waals surface area contributed by atoms with Gasteiger partial charge in [0.05, 0.1) is 0 Å². The Morgan fingerprint density at radius 3 is 2.67 bits per heavy atom. The van der Waals surface area contributed by atoms with Crippen molar-refractivity contribution in [3.05, 3.63) is 0 Å². The zero-order valence-corrected chi connectivity index (χ0v) is 10.9. The summed E-state index contributed by atoms with van der Waals surface area (Å²) in [5.74, 6) is 0. The maximum Gasteiger partial charge on any atom is 0.161 e. The highest BCUT2D eigenvalue weighted by Gasteiger charge is 2.50. The lowest BCUT2D eigenvalue weighted by Gasteiger charge is -2.39. The summed E-state index contributed by atoms with van der Waals surface area (Å²) in [7, 11) is 3.61. The predicted molar refractivity (Wildman–Crippen MR) is 65.2 cm³/mol. The van der Waals surface area contributed by atoms with Crippen LogP contribution in [0.15, 0.2) is 4.99 Å². The van der Waals surface area contributed by atoms with Crippen LogP contribution >= 0.6 is 11.8 Å². The average molecular weight is 280 g/mol. The molecule has 8 heteroatoms. The summed E-state index contributed by atoms with van der Waals surface area (Å²) < 4.78 is 17.9. The van der Waals surface area contributed by atoms with Gasteiger partial charge in [-0.2, -0.15) is 0 Å². The van der Waals surface area contributed by atoms with E-state index in [0.29, 0.717) is 5.17 Å². The van der Waals surface area contributed by atoms with Crippen molar-refractivity contribution >= 4 is 16.9 Å². The number of halogens is 1. The fraction of sp³-hybridized carbons (Fsp3) is 0.900. The van der Waals surface area contributed by atoms with E-state index in [1.165, 1.54) is 11.8 Å². The number of aliphatic hydroxyl groups excluding tert-OH is 3. The van der Waals surface area contributed by atoms with Crippen LogP contribution in [0.2, 0.25) is 0 Å². The third kappa shape index (κ3) is 2.35. The summed E-state index contributed by atoms with van der Waals surface area (Å²) in [4.78, 5) is 6.03. The molecule has 2 aliphatic rings. The van der Waals surface area contributed by atoms with Crippen LogP contribution in [0.25, 0.3) is 0 Å². The van der Waals surface area contributed by atoms with Gasteiger partial charge in [-0.1, -0.05) is 11.8 Å². The molecule has 3 N–H and O–H groups in total. The van der Waals surface area contributed by atoms with Gasteiger partial charge in [-0.05, 0) is 0 Å². The number of aliphatic imine (C=N–C) groups is 1. The molecule has 0 unspecified atom stereocenters. The minimum absolute atomic E-state index is 0.507. The first-order valence-electron chi connectivity index (χ1n) is 5.63. The Kier molecular flexibility index (Phi) is 4.12. The van der Waals surface area contributed by atoms with E-state index in [-0.39, 0.29) is 0 Å². The van der Waals surface area contributed by atoms with E-state index in [1.807, 2.05) is 0 Å². The Balaban J connectivity index is 2.14. The molecule has 1 fully saturated rings. The van der Waals surface area contributed by atoms with Crippen LogP contribution < -0.4 is 0 Å². The van der Waals surface area contributed by atoms with Crippen LogP contribution in [0.5, 0.6) is 0 Å². The zero-order chi connectivity index (χ0) is 13.4. The first-order valence-corrected chi connectivity index (χ1v) is 6.51. The second kappa shape index (κ2) is 5.30. The number of alkyl halides is 1. The molecule has 6 nitrogen and oxygen atoms in total. The van der Waals surface area contributed by atoms with Crippen molar-refractivity contribution in [2.24, 2.45) is 4.99 Å². The largest absolute Gasteiger partial charge is 0.388 e. The molecule has 0 saturated carbocycles. The van der Waals surface area contributed by atoms with Gasteiger partial charge >= 0.3 is 0 Å². The molecule has 0 bridgehead atoms. The van der Waals surface area contributed by atoms with E-state index >= 15 is 0 Å². The smallest absolute Gasteiger partial charge is 0.161 e. The number of nitrogens with zero attached hydrogens (tertiary/aromatic N) is 2. The van der Waals surface area contributed by atoms with Gasteiger partial charge in [-0.25, -0.2) is 4.39 Å². The molecular formula is C10H17FN2O4S. The standard InChI is InChI=1S/C10H17FN2O4S/c1-13(2)10-12-5-6(15)7(16)8(4(14)3-11)17-9(5)18-10/h4-9,14-16H,3H2,1-2H3/t4-,5-,6-,7+,8-,9-/m1/s1. The fourth-order valence-electron chi connectivity index (χ4n) is 2.00. The molecule has 0 radical (unpaired) electrons. The molecule has 1 saturated heterocycles. The van der Waals surface area contributed by atoms with Crippen LogP contribution in [0, 0.1) is 0 Å². The van der Waals surface area contributed by atoms with Crippen molar-refractivity contribution in [3.8, 4) is 0 Å². The second-order valence-electron chi connectivity index (χ2n) is 4.59. The number of hydrogen-bond donors (Lipinski definition) is 3. The van der Waals surface area contributed by atoms with Gasteiger partial charge in [0.2, 0.25) is 0 Å². The maximum atomic E-state index is 12.5. The lowest BCUT2D eigenvalue weighted by molar-refractivity contribution is -0.186. The SMILES string of the molecule is CN(C)C1=N[C@@H]2[C@@H](O)[C@H](O)[C@@H]([C@H](O)CF)O[C@@H]2S1. The molecule has 2 rings (SSSR count). The minimum atomic E-state index is -1.44. The number of hydrogen-bond acceptors (Lipinski definition) is 7. The Morgan fingerprint density at radius 1 is 1.44 bits per heavy atom. The van der Waals surface area contributed by atoms with Crippen molar-refractivity contribution in [1.82, 2.24) is 4.90 Å². The van der Waals surface area contributed by atoms with Crippen LogP contribution in [0.4, 0.5) is 4.39 Å². The molecule has 0 aromatic heterocycles. The van der Waals surface area contributed by atoms with E-state index in [0.717, 1.165) is 0 Å². The first-order chi connectivity index (χ1) is 8.45.